The molecule has 0 radical (unpaired) electrons. The van der Waals surface area contributed by atoms with Crippen LogP contribution in [0.2, 0.25) is 0 Å². The lowest BCUT2D eigenvalue weighted by Crippen LogP contribution is -2.08. The van der Waals surface area contributed by atoms with Gasteiger partial charge in [-0.2, -0.15) is 0 Å². The highest BCUT2D eigenvalue weighted by atomic mass is 19.1. The van der Waals surface area contributed by atoms with Crippen LogP contribution in [-0.2, 0) is 9.53 Å². The lowest BCUT2D eigenvalue weighted by Gasteiger charge is -2.10. The predicted molar refractivity (Wildman–Crippen MR) is 101 cm³/mol. The van der Waals surface area contributed by atoms with Gasteiger partial charge in [-0.15, -0.1) is 0 Å². The Bertz CT molecular complexity index is 829. The number of esters is 1. The summed E-state index contributed by atoms with van der Waals surface area (Å²) in [4.78, 5) is 11.4. The van der Waals surface area contributed by atoms with Gasteiger partial charge in [-0.1, -0.05) is 18.7 Å². The number of hydrogen-bond donors (Lipinski definition) is 0. The molecule has 5 heteroatoms. The Labute approximate surface area is 158 Å². The maximum absolute atomic E-state index is 13.9. The summed E-state index contributed by atoms with van der Waals surface area (Å²) in [5, 5.41) is 0. The Hall–Kier alpha value is -2.82. The third kappa shape index (κ3) is 5.09. The first-order valence-electron chi connectivity index (χ1n) is 8.85. The molecule has 1 fully saturated rings. The molecule has 0 bridgehead atoms. The Balaban J connectivity index is 1.61. The normalized spacial score (nSPS) is 17.9. The minimum absolute atomic E-state index is 0.0424. The van der Waals surface area contributed by atoms with Crippen molar-refractivity contribution < 1.29 is 23.4 Å². The molecule has 1 aliphatic carbocycles. The van der Waals surface area contributed by atoms with Gasteiger partial charge in [-0.3, -0.25) is 4.79 Å². The van der Waals surface area contributed by atoms with Gasteiger partial charge < -0.3 is 14.2 Å². The molecule has 2 aromatic carbocycles. The fraction of sp³-hybridized carbons (Fsp3) is 0.318. The molecule has 4 nitrogen and oxygen atoms in total. The second-order valence-corrected chi connectivity index (χ2v) is 6.88. The van der Waals surface area contributed by atoms with Gasteiger partial charge in [-0.05, 0) is 54.3 Å². The second kappa shape index (κ2) is 8.25. The first-order valence-corrected chi connectivity index (χ1v) is 8.85. The van der Waals surface area contributed by atoms with Crippen molar-refractivity contribution >= 4 is 5.97 Å². The molecule has 142 valence electrons. The molecule has 1 aliphatic rings. The molecular weight excluding hydrogens is 347 g/mol. The van der Waals surface area contributed by atoms with E-state index in [9.17, 15) is 9.18 Å². The molecule has 3 rings (SSSR count). The van der Waals surface area contributed by atoms with Crippen LogP contribution in [0.1, 0.15) is 13.3 Å². The smallest absolute Gasteiger partial charge is 0.309 e. The van der Waals surface area contributed by atoms with Crippen molar-refractivity contribution in [1.82, 2.24) is 0 Å². The van der Waals surface area contributed by atoms with Crippen LogP contribution in [0.4, 0.5) is 4.39 Å². The van der Waals surface area contributed by atoms with Crippen molar-refractivity contribution in [3.63, 3.8) is 0 Å². The van der Waals surface area contributed by atoms with Crippen molar-refractivity contribution in [2.45, 2.75) is 13.3 Å². The summed E-state index contributed by atoms with van der Waals surface area (Å²) in [6.45, 7) is 6.47. The molecule has 0 aromatic heterocycles. The van der Waals surface area contributed by atoms with Crippen molar-refractivity contribution in [3.8, 4) is 22.6 Å². The van der Waals surface area contributed by atoms with Crippen LogP contribution in [0.5, 0.6) is 11.5 Å². The van der Waals surface area contributed by atoms with E-state index in [-0.39, 0.29) is 23.6 Å². The summed E-state index contributed by atoms with van der Waals surface area (Å²) in [6.07, 6.45) is 0.807. The molecule has 1 saturated carbocycles. The first kappa shape index (κ1) is 19.0. The number of carbonyl (C=O) groups is 1. The van der Waals surface area contributed by atoms with Gasteiger partial charge in [0.05, 0.1) is 19.6 Å². The molecular formula is C22H23FO4. The summed E-state index contributed by atoms with van der Waals surface area (Å²) in [7, 11) is 1.40. The van der Waals surface area contributed by atoms with E-state index in [0.717, 1.165) is 23.1 Å². The fourth-order valence-electron chi connectivity index (χ4n) is 2.84. The van der Waals surface area contributed by atoms with E-state index in [4.69, 9.17) is 14.2 Å². The third-order valence-electron chi connectivity index (χ3n) is 4.43. The monoisotopic (exact) mass is 370 g/mol. The van der Waals surface area contributed by atoms with Gasteiger partial charge in [0.15, 0.2) is 0 Å². The molecule has 27 heavy (non-hydrogen) atoms. The molecule has 0 aliphatic heterocycles. The quantitative estimate of drug-likeness (QED) is 0.502. The Kier molecular flexibility index (Phi) is 5.79. The number of halogens is 1. The number of rotatable bonds is 8. The second-order valence-electron chi connectivity index (χ2n) is 6.88. The van der Waals surface area contributed by atoms with Crippen molar-refractivity contribution in [3.05, 3.63) is 60.4 Å². The van der Waals surface area contributed by atoms with Crippen molar-refractivity contribution in [2.75, 3.05) is 20.3 Å². The van der Waals surface area contributed by atoms with Crippen LogP contribution in [0.15, 0.2) is 54.6 Å². The number of carbonyl (C=O) groups excluding carboxylic acids is 1. The Morgan fingerprint density at radius 1 is 1.11 bits per heavy atom. The standard InChI is InChI=1S/C22H23FO4/c1-14(2)12-26-20-9-16(8-18(23)11-20)15-4-6-19(7-5-15)27-13-17-10-21(17)22(24)25-3/h4-9,11,17,21H,1,10,12-13H2,2-3H3. The van der Waals surface area contributed by atoms with Gasteiger partial charge in [0, 0.05) is 12.0 Å². The van der Waals surface area contributed by atoms with Crippen LogP contribution in [-0.4, -0.2) is 26.3 Å². The van der Waals surface area contributed by atoms with Gasteiger partial charge in [0.25, 0.3) is 0 Å². The van der Waals surface area contributed by atoms with Gasteiger partial charge >= 0.3 is 5.97 Å². The van der Waals surface area contributed by atoms with Gasteiger partial charge in [0.1, 0.15) is 23.9 Å². The largest absolute Gasteiger partial charge is 0.493 e. The van der Waals surface area contributed by atoms with Crippen molar-refractivity contribution in [1.29, 1.82) is 0 Å². The number of hydrogen-bond acceptors (Lipinski definition) is 4. The van der Waals surface area contributed by atoms with Gasteiger partial charge in [-0.25, -0.2) is 4.39 Å². The highest BCUT2D eigenvalue weighted by Gasteiger charge is 2.44. The Morgan fingerprint density at radius 2 is 1.85 bits per heavy atom. The SMILES string of the molecule is C=C(C)COc1cc(F)cc(-c2ccc(OCC3CC3C(=O)OC)cc2)c1. The molecule has 0 heterocycles. The Morgan fingerprint density at radius 3 is 2.52 bits per heavy atom. The molecule has 0 N–H and O–H groups in total. The average Bonchev–Trinajstić information content (AvgIpc) is 3.44. The topological polar surface area (TPSA) is 44.8 Å². The molecule has 0 spiro atoms. The molecule has 2 unspecified atom stereocenters. The molecule has 2 aromatic rings. The van der Waals surface area contributed by atoms with Crippen LogP contribution in [0, 0.1) is 17.7 Å². The molecule has 2 atom stereocenters. The fourth-order valence-corrected chi connectivity index (χ4v) is 2.84. The van der Waals surface area contributed by atoms with Crippen LogP contribution >= 0.6 is 0 Å². The lowest BCUT2D eigenvalue weighted by molar-refractivity contribution is -0.142. The summed E-state index contributed by atoms with van der Waals surface area (Å²) in [5.74, 6) is 0.828. The zero-order chi connectivity index (χ0) is 19.4. The van der Waals surface area contributed by atoms with E-state index < -0.39 is 0 Å². The van der Waals surface area contributed by atoms with E-state index >= 15 is 0 Å². The van der Waals surface area contributed by atoms with E-state index in [1.54, 1.807) is 6.07 Å². The average molecular weight is 370 g/mol. The summed E-state index contributed by atoms with van der Waals surface area (Å²) >= 11 is 0. The zero-order valence-corrected chi connectivity index (χ0v) is 15.5. The number of ether oxygens (including phenoxy) is 3. The lowest BCUT2D eigenvalue weighted by atomic mass is 10.1. The third-order valence-corrected chi connectivity index (χ3v) is 4.43. The highest BCUT2D eigenvalue weighted by Crippen LogP contribution is 2.39. The van der Waals surface area contributed by atoms with Crippen LogP contribution in [0.3, 0.4) is 0 Å². The van der Waals surface area contributed by atoms with E-state index in [1.807, 2.05) is 31.2 Å². The minimum atomic E-state index is -0.355. The first-order chi connectivity index (χ1) is 13.0. The maximum Gasteiger partial charge on any atom is 0.309 e. The van der Waals surface area contributed by atoms with Crippen molar-refractivity contribution in [2.24, 2.45) is 11.8 Å². The summed E-state index contributed by atoms with van der Waals surface area (Å²) in [6, 6.07) is 12.0. The maximum atomic E-state index is 13.9. The van der Waals surface area contributed by atoms with Crippen LogP contribution < -0.4 is 9.47 Å². The summed E-state index contributed by atoms with van der Waals surface area (Å²) in [5.41, 5.74) is 2.46. The zero-order valence-electron chi connectivity index (χ0n) is 15.5. The number of benzene rings is 2. The molecule has 0 amide bonds. The van der Waals surface area contributed by atoms with E-state index in [1.165, 1.54) is 19.2 Å². The van der Waals surface area contributed by atoms with E-state index in [2.05, 4.69) is 6.58 Å². The highest BCUT2D eigenvalue weighted by molar-refractivity contribution is 5.75. The van der Waals surface area contributed by atoms with E-state index in [0.29, 0.717) is 24.7 Å². The van der Waals surface area contributed by atoms with Gasteiger partial charge in [0.2, 0.25) is 0 Å². The summed E-state index contributed by atoms with van der Waals surface area (Å²) < 4.78 is 29.9. The van der Waals surface area contributed by atoms with Crippen LogP contribution in [0.25, 0.3) is 11.1 Å². The minimum Gasteiger partial charge on any atom is -0.493 e. The molecule has 0 saturated heterocycles. The predicted octanol–water partition coefficient (Wildman–Crippen LogP) is 4.64. The number of methoxy groups -OCH3 is 1.